The standard InChI is InChI=1S/C27H40N6O5/c1-26(2,3)37-24(35)32-16-17-33(25(36)38-27(4,5)6)22(19-32)23(34)31(18-21-10-7-8-11-29-21)14-9-13-30-15-12-28-20-30/h7-8,10-12,15,20,22H,9,13-14,16-19H2,1-6H3/t22-/m1/s1. The topological polar surface area (TPSA) is 110 Å². The lowest BCUT2D eigenvalue weighted by atomic mass is 10.1. The molecule has 1 aliphatic rings. The fourth-order valence-corrected chi connectivity index (χ4v) is 4.05. The van der Waals surface area contributed by atoms with E-state index in [1.807, 2.05) is 29.0 Å². The minimum Gasteiger partial charge on any atom is -0.444 e. The molecule has 208 valence electrons. The highest BCUT2D eigenvalue weighted by Gasteiger charge is 2.41. The summed E-state index contributed by atoms with van der Waals surface area (Å²) in [6, 6.07) is 4.62. The number of hydrogen-bond donors (Lipinski definition) is 0. The van der Waals surface area contributed by atoms with Gasteiger partial charge in [0.2, 0.25) is 5.91 Å². The lowest BCUT2D eigenvalue weighted by Crippen LogP contribution is -2.62. The van der Waals surface area contributed by atoms with Crippen LogP contribution in [-0.2, 0) is 27.4 Å². The summed E-state index contributed by atoms with van der Waals surface area (Å²) in [6.45, 7) is 12.5. The first-order valence-corrected chi connectivity index (χ1v) is 12.9. The summed E-state index contributed by atoms with van der Waals surface area (Å²) in [4.78, 5) is 53.2. The molecule has 0 aliphatic carbocycles. The Balaban J connectivity index is 1.84. The second-order valence-corrected chi connectivity index (χ2v) is 11.4. The van der Waals surface area contributed by atoms with E-state index < -0.39 is 29.4 Å². The summed E-state index contributed by atoms with van der Waals surface area (Å²) in [7, 11) is 0. The maximum Gasteiger partial charge on any atom is 0.411 e. The zero-order valence-electron chi connectivity index (χ0n) is 23.3. The summed E-state index contributed by atoms with van der Waals surface area (Å²) in [6.07, 6.45) is 6.56. The van der Waals surface area contributed by atoms with E-state index in [-0.39, 0.29) is 32.1 Å². The first-order valence-electron chi connectivity index (χ1n) is 12.9. The molecular weight excluding hydrogens is 488 g/mol. The number of rotatable bonds is 7. The van der Waals surface area contributed by atoms with Crippen LogP contribution in [0.2, 0.25) is 0 Å². The van der Waals surface area contributed by atoms with Gasteiger partial charge in [-0.2, -0.15) is 0 Å². The van der Waals surface area contributed by atoms with Crippen LogP contribution in [0.5, 0.6) is 0 Å². The summed E-state index contributed by atoms with van der Waals surface area (Å²) in [5.41, 5.74) is -0.685. The zero-order chi connectivity index (χ0) is 27.9. The molecule has 11 heteroatoms. The van der Waals surface area contributed by atoms with Gasteiger partial charge in [-0.3, -0.25) is 14.7 Å². The highest BCUT2D eigenvalue weighted by atomic mass is 16.6. The van der Waals surface area contributed by atoms with Crippen LogP contribution in [0.25, 0.3) is 0 Å². The normalized spacial score (nSPS) is 16.2. The second kappa shape index (κ2) is 12.3. The molecule has 0 N–H and O–H groups in total. The van der Waals surface area contributed by atoms with Gasteiger partial charge in [-0.05, 0) is 60.1 Å². The van der Waals surface area contributed by atoms with Crippen molar-refractivity contribution in [3.63, 3.8) is 0 Å². The van der Waals surface area contributed by atoms with Gasteiger partial charge in [-0.25, -0.2) is 14.6 Å². The second-order valence-electron chi connectivity index (χ2n) is 11.4. The van der Waals surface area contributed by atoms with Gasteiger partial charge in [0.15, 0.2) is 0 Å². The first kappa shape index (κ1) is 28.9. The van der Waals surface area contributed by atoms with Gasteiger partial charge in [0.1, 0.15) is 17.2 Å². The van der Waals surface area contributed by atoms with Gasteiger partial charge in [-0.15, -0.1) is 0 Å². The number of piperazine rings is 1. The molecule has 0 saturated carbocycles. The van der Waals surface area contributed by atoms with Gasteiger partial charge < -0.3 is 23.8 Å². The van der Waals surface area contributed by atoms with Crippen LogP contribution in [0.1, 0.15) is 53.7 Å². The summed E-state index contributed by atoms with van der Waals surface area (Å²) in [5.74, 6) is -0.277. The van der Waals surface area contributed by atoms with Crippen LogP contribution in [0.4, 0.5) is 9.59 Å². The highest BCUT2D eigenvalue weighted by molar-refractivity contribution is 5.87. The Hall–Kier alpha value is -3.63. The quantitative estimate of drug-likeness (QED) is 0.540. The van der Waals surface area contributed by atoms with E-state index in [2.05, 4.69) is 9.97 Å². The molecule has 0 radical (unpaired) electrons. The van der Waals surface area contributed by atoms with Gasteiger partial charge in [-0.1, -0.05) is 6.07 Å². The molecule has 2 aromatic heterocycles. The van der Waals surface area contributed by atoms with Crippen LogP contribution in [0, 0.1) is 0 Å². The minimum absolute atomic E-state index is 0.00717. The summed E-state index contributed by atoms with van der Waals surface area (Å²) >= 11 is 0. The Kier molecular flexibility index (Phi) is 9.35. The van der Waals surface area contributed by atoms with Gasteiger partial charge in [0.05, 0.1) is 25.1 Å². The SMILES string of the molecule is CC(C)(C)OC(=O)N1CCN(C(=O)OC(C)(C)C)[C@@H](C(=O)N(CCCn2ccnc2)Cc2ccccn2)C1. The predicted octanol–water partition coefficient (Wildman–Crippen LogP) is 3.55. The Morgan fingerprint density at radius 3 is 2.32 bits per heavy atom. The third kappa shape index (κ3) is 8.74. The molecule has 0 aromatic carbocycles. The Morgan fingerprint density at radius 1 is 1.00 bits per heavy atom. The molecule has 3 heterocycles. The van der Waals surface area contributed by atoms with Crippen LogP contribution < -0.4 is 0 Å². The molecule has 3 rings (SSSR count). The van der Waals surface area contributed by atoms with Crippen LogP contribution in [0.15, 0.2) is 43.1 Å². The van der Waals surface area contributed by atoms with Gasteiger partial charge in [0, 0.05) is 44.8 Å². The summed E-state index contributed by atoms with van der Waals surface area (Å²) in [5, 5.41) is 0. The van der Waals surface area contributed by atoms with E-state index >= 15 is 0 Å². The number of hydrogen-bond acceptors (Lipinski definition) is 7. The number of imidazole rings is 1. The molecule has 3 amide bonds. The maximum absolute atomic E-state index is 14.1. The number of amides is 3. The first-order chi connectivity index (χ1) is 17.8. The van der Waals surface area contributed by atoms with E-state index in [4.69, 9.17) is 9.47 Å². The fourth-order valence-electron chi connectivity index (χ4n) is 4.05. The number of carbonyl (C=O) groups excluding carboxylic acids is 3. The molecule has 11 nitrogen and oxygen atoms in total. The van der Waals surface area contributed by atoms with Gasteiger partial charge in [0.25, 0.3) is 0 Å². The van der Waals surface area contributed by atoms with Crippen molar-refractivity contribution in [1.29, 1.82) is 0 Å². The highest BCUT2D eigenvalue weighted by Crippen LogP contribution is 2.21. The Bertz CT molecular complexity index is 1060. The van der Waals surface area contributed by atoms with E-state index in [1.54, 1.807) is 65.2 Å². The zero-order valence-corrected chi connectivity index (χ0v) is 23.3. The van der Waals surface area contributed by atoms with E-state index in [0.29, 0.717) is 19.5 Å². The van der Waals surface area contributed by atoms with Gasteiger partial charge >= 0.3 is 12.2 Å². The lowest BCUT2D eigenvalue weighted by Gasteiger charge is -2.42. The van der Waals surface area contributed by atoms with E-state index in [1.165, 1.54) is 9.80 Å². The molecule has 0 bridgehead atoms. The number of aryl methyl sites for hydroxylation is 1. The minimum atomic E-state index is -0.928. The smallest absolute Gasteiger partial charge is 0.411 e. The van der Waals surface area contributed by atoms with Crippen molar-refractivity contribution in [3.8, 4) is 0 Å². The van der Waals surface area contributed by atoms with Crippen molar-refractivity contribution >= 4 is 18.1 Å². The molecule has 0 spiro atoms. The average molecular weight is 529 g/mol. The molecule has 1 fully saturated rings. The molecule has 1 saturated heterocycles. The predicted molar refractivity (Wildman–Crippen MR) is 141 cm³/mol. The van der Waals surface area contributed by atoms with Crippen LogP contribution >= 0.6 is 0 Å². The molecule has 38 heavy (non-hydrogen) atoms. The van der Waals surface area contributed by atoms with Crippen molar-refractivity contribution in [2.75, 3.05) is 26.2 Å². The molecule has 2 aromatic rings. The molecule has 1 atom stereocenters. The largest absolute Gasteiger partial charge is 0.444 e. The Morgan fingerprint density at radius 2 is 1.71 bits per heavy atom. The maximum atomic E-state index is 14.1. The number of carbonyl (C=O) groups is 3. The van der Waals surface area contributed by atoms with Crippen molar-refractivity contribution < 1.29 is 23.9 Å². The molecule has 0 unspecified atom stereocenters. The molecule has 1 aliphatic heterocycles. The third-order valence-electron chi connectivity index (χ3n) is 5.74. The summed E-state index contributed by atoms with van der Waals surface area (Å²) < 4.78 is 13.1. The lowest BCUT2D eigenvalue weighted by molar-refractivity contribution is -0.140. The number of nitrogens with zero attached hydrogens (tertiary/aromatic N) is 6. The van der Waals surface area contributed by atoms with Crippen molar-refractivity contribution in [1.82, 2.24) is 29.2 Å². The Labute approximate surface area is 224 Å². The van der Waals surface area contributed by atoms with E-state index in [9.17, 15) is 14.4 Å². The molecular formula is C27H40N6O5. The number of pyridine rings is 1. The third-order valence-corrected chi connectivity index (χ3v) is 5.74. The monoisotopic (exact) mass is 528 g/mol. The van der Waals surface area contributed by atoms with Crippen molar-refractivity contribution in [3.05, 3.63) is 48.8 Å². The van der Waals surface area contributed by atoms with Crippen molar-refractivity contribution in [2.45, 2.75) is 78.3 Å². The average Bonchev–Trinajstić information content (AvgIpc) is 3.34. The van der Waals surface area contributed by atoms with Crippen molar-refractivity contribution in [2.24, 2.45) is 0 Å². The van der Waals surface area contributed by atoms with Crippen LogP contribution in [0.3, 0.4) is 0 Å². The fraction of sp³-hybridized carbons (Fsp3) is 0.593. The van der Waals surface area contributed by atoms with Crippen LogP contribution in [-0.4, -0.2) is 90.8 Å². The number of ether oxygens (including phenoxy) is 2. The number of aromatic nitrogens is 3. The van der Waals surface area contributed by atoms with E-state index in [0.717, 1.165) is 5.69 Å².